The lowest BCUT2D eigenvalue weighted by Crippen LogP contribution is -2.69. The minimum absolute atomic E-state index is 0.00808. The molecule has 9 nitrogen and oxygen atoms in total. The number of allylic oxidation sites excluding steroid dienone is 2. The maximum atomic E-state index is 14.3. The molecule has 0 radical (unpaired) electrons. The number of halogens is 1. The van der Waals surface area contributed by atoms with Crippen molar-refractivity contribution in [3.63, 3.8) is 0 Å². The molecule has 0 unspecified atom stereocenters. The second kappa shape index (κ2) is 15.6. The van der Waals surface area contributed by atoms with Crippen molar-refractivity contribution in [1.29, 1.82) is 0 Å². The average Bonchev–Trinajstić information content (AvgIpc) is 3.77. The molecule has 0 bridgehead atoms. The number of carboxylic acid groups (broad SMARTS) is 1. The summed E-state index contributed by atoms with van der Waals surface area (Å²) in [6, 6.07) is 5.67. The van der Waals surface area contributed by atoms with Crippen LogP contribution in [-0.2, 0) is 30.5 Å². The maximum absolute atomic E-state index is 14.3. The normalized spacial score (nSPS) is 42.0. The molecule has 1 aromatic rings. The second-order valence-electron chi connectivity index (χ2n) is 24.5. The lowest BCUT2D eigenvalue weighted by atomic mass is 9.28. The van der Waals surface area contributed by atoms with Crippen LogP contribution in [0.25, 0.3) is 0 Å². The van der Waals surface area contributed by atoms with Crippen LogP contribution in [0, 0.1) is 67.0 Å². The minimum atomic E-state index is -0.827. The lowest BCUT2D eigenvalue weighted by Gasteiger charge is -2.76. The first-order chi connectivity index (χ1) is 30.0. The number of hydrogen-bond acceptors (Lipinski definition) is 7. The van der Waals surface area contributed by atoms with Crippen LogP contribution in [0.3, 0.4) is 0 Å². The molecule has 9 rings (SSSR count). The Kier molecular flexibility index (Phi) is 11.2. The van der Waals surface area contributed by atoms with Gasteiger partial charge in [-0.15, -0.1) is 0 Å². The highest BCUT2D eigenvalue weighted by molar-refractivity contribution is 6.30. The van der Waals surface area contributed by atoms with E-state index in [2.05, 4.69) is 58.7 Å². The Morgan fingerprint density at radius 2 is 1.59 bits per heavy atom. The molecule has 1 aromatic carbocycles. The number of nitrogens with one attached hydrogen (secondary N) is 1. The van der Waals surface area contributed by atoms with Gasteiger partial charge in [-0.3, -0.25) is 24.1 Å². The van der Waals surface area contributed by atoms with Crippen LogP contribution in [0.15, 0.2) is 29.3 Å². The Bertz CT molecular complexity index is 2140. The molecule has 1 spiro atoms. The molecule has 6 saturated carbocycles. The molecule has 64 heavy (non-hydrogen) atoms. The van der Waals surface area contributed by atoms with E-state index < -0.39 is 22.7 Å². The van der Waals surface area contributed by atoms with Gasteiger partial charge in [0.25, 0.3) is 0 Å². The van der Waals surface area contributed by atoms with Crippen LogP contribution < -0.4 is 10.1 Å². The summed E-state index contributed by atoms with van der Waals surface area (Å²) in [6.07, 6.45) is 13.7. The summed E-state index contributed by atoms with van der Waals surface area (Å²) in [4.78, 5) is 56.7. The van der Waals surface area contributed by atoms with Crippen molar-refractivity contribution in [2.24, 2.45) is 67.0 Å². The minimum Gasteiger partial charge on any atom is -0.492 e. The van der Waals surface area contributed by atoms with Gasteiger partial charge in [-0.1, -0.05) is 92.0 Å². The zero-order valence-corrected chi connectivity index (χ0v) is 41.2. The molecule has 352 valence electrons. The Labute approximate surface area is 387 Å². The monoisotopic (exact) mass is 901 g/mol. The third-order valence-electron chi connectivity index (χ3n) is 21.7. The van der Waals surface area contributed by atoms with Gasteiger partial charge in [0.05, 0.1) is 11.8 Å². The number of benzene rings is 1. The van der Waals surface area contributed by atoms with Crippen molar-refractivity contribution < 1.29 is 33.8 Å². The van der Waals surface area contributed by atoms with Gasteiger partial charge in [0.2, 0.25) is 5.91 Å². The molecule has 1 heterocycles. The number of aliphatic carboxylic acids is 1. The Hall–Kier alpha value is -2.91. The van der Waals surface area contributed by atoms with Crippen LogP contribution in [-0.4, -0.2) is 66.0 Å². The largest absolute Gasteiger partial charge is 0.492 e. The number of esters is 1. The Balaban J connectivity index is 0.928. The molecule has 7 fully saturated rings. The molecular weight excluding hydrogens is 824 g/mol. The topological polar surface area (TPSA) is 122 Å². The number of fused-ring (bicyclic) bond motifs is 6. The summed E-state index contributed by atoms with van der Waals surface area (Å²) < 4.78 is 12.8. The van der Waals surface area contributed by atoms with Gasteiger partial charge >= 0.3 is 11.9 Å². The molecule has 1 aliphatic heterocycles. The zero-order valence-electron chi connectivity index (χ0n) is 40.5. The molecule has 7 aliphatic carbocycles. The van der Waals surface area contributed by atoms with E-state index in [0.717, 1.165) is 88.6 Å². The number of likely N-dealkylation sites (tertiary alicyclic amines) is 1. The number of hydrogen-bond donors (Lipinski definition) is 2. The quantitative estimate of drug-likeness (QED) is 0.199. The highest BCUT2D eigenvalue weighted by Crippen LogP contribution is 2.90. The van der Waals surface area contributed by atoms with E-state index in [-0.39, 0.29) is 74.0 Å². The number of carbonyl (C=O) groups is 4. The standard InChI is InChI=1S/C54H77ClN2O7/c1-33(2)43-39(58)29-53(30-42(59)56-31-34-13-14-35(55)27-40(34)63-26-25-57-23-11-10-12-24-57)21-19-48(5)36(44(43)53)15-17-51(8)50(48,7)20-22-54-32-49(54,6)41(16-18-52(51,54)9)64-46(62)38-28-37(45(60)61)47(38,3)4/h13-14,27,33,36-38,41H,10-12,15-26,28-32H2,1-9H3,(H,56,59)(H,60,61)/t36-,37+,38-,41+,48-,49-,50+,51+,52-,53+,54-/m1/s1. The van der Waals surface area contributed by atoms with Crippen LogP contribution in [0.5, 0.6) is 5.75 Å². The van der Waals surface area contributed by atoms with E-state index in [4.69, 9.17) is 21.1 Å². The molecule has 2 N–H and O–H groups in total. The van der Waals surface area contributed by atoms with Gasteiger partial charge in [-0.2, -0.15) is 0 Å². The number of Topliss-reactive ketones (excluding diaryl/α,β-unsaturated/α-hetero) is 1. The van der Waals surface area contributed by atoms with Crippen LogP contribution in [0.1, 0.15) is 164 Å². The van der Waals surface area contributed by atoms with Crippen molar-refractivity contribution in [3.8, 4) is 5.75 Å². The Morgan fingerprint density at radius 1 is 0.875 bits per heavy atom. The predicted molar refractivity (Wildman–Crippen MR) is 249 cm³/mol. The highest BCUT2D eigenvalue weighted by atomic mass is 35.5. The molecule has 8 aliphatic rings. The number of carbonyl (C=O) groups excluding carboxylic acids is 3. The van der Waals surface area contributed by atoms with E-state index in [0.29, 0.717) is 43.2 Å². The smallest absolute Gasteiger partial charge is 0.309 e. The van der Waals surface area contributed by atoms with Crippen molar-refractivity contribution in [3.05, 3.63) is 39.9 Å². The lowest BCUT2D eigenvalue weighted by molar-refractivity contribution is -0.268. The number of nitrogens with zero attached hydrogens (tertiary/aromatic N) is 1. The summed E-state index contributed by atoms with van der Waals surface area (Å²) in [7, 11) is 0. The van der Waals surface area contributed by atoms with Crippen molar-refractivity contribution in [1.82, 2.24) is 10.2 Å². The van der Waals surface area contributed by atoms with E-state index in [1.54, 1.807) is 0 Å². The van der Waals surface area contributed by atoms with Crippen LogP contribution in [0.4, 0.5) is 0 Å². The number of piperidine rings is 1. The second-order valence-corrected chi connectivity index (χ2v) is 24.9. The molecular formula is C54H77ClN2O7. The van der Waals surface area contributed by atoms with E-state index in [1.165, 1.54) is 24.8 Å². The fourth-order valence-electron chi connectivity index (χ4n) is 17.2. The molecule has 1 saturated heterocycles. The molecule has 10 heteroatoms. The summed E-state index contributed by atoms with van der Waals surface area (Å²) in [6.45, 7) is 24.9. The van der Waals surface area contributed by atoms with Gasteiger partial charge < -0.3 is 19.9 Å². The van der Waals surface area contributed by atoms with E-state index in [1.807, 2.05) is 32.0 Å². The van der Waals surface area contributed by atoms with Crippen LogP contribution in [0.2, 0.25) is 5.02 Å². The number of ether oxygens (including phenoxy) is 2. The van der Waals surface area contributed by atoms with E-state index >= 15 is 0 Å². The summed E-state index contributed by atoms with van der Waals surface area (Å²) in [5.41, 5.74) is 2.10. The van der Waals surface area contributed by atoms with Crippen molar-refractivity contribution in [2.75, 3.05) is 26.2 Å². The van der Waals surface area contributed by atoms with Gasteiger partial charge in [0, 0.05) is 47.3 Å². The third-order valence-corrected chi connectivity index (χ3v) is 21.9. The first-order valence-electron chi connectivity index (χ1n) is 25.1. The van der Waals surface area contributed by atoms with Crippen molar-refractivity contribution >= 4 is 35.2 Å². The summed E-state index contributed by atoms with van der Waals surface area (Å²) in [5.74, 6) is -0.670. The Morgan fingerprint density at radius 3 is 2.28 bits per heavy atom. The van der Waals surface area contributed by atoms with Crippen molar-refractivity contribution in [2.45, 2.75) is 171 Å². The highest BCUT2D eigenvalue weighted by Gasteiger charge is 2.85. The predicted octanol–water partition coefficient (Wildman–Crippen LogP) is 11.0. The van der Waals surface area contributed by atoms with Gasteiger partial charge in [-0.25, -0.2) is 0 Å². The van der Waals surface area contributed by atoms with E-state index in [9.17, 15) is 24.3 Å². The maximum Gasteiger partial charge on any atom is 0.309 e. The molecule has 1 amide bonds. The fraction of sp³-hybridized carbons (Fsp3) is 0.778. The molecule has 0 aromatic heterocycles. The molecule has 11 atom stereocenters. The van der Waals surface area contributed by atoms with Crippen LogP contribution >= 0.6 is 11.6 Å². The van der Waals surface area contributed by atoms with Gasteiger partial charge in [-0.05, 0) is 152 Å². The number of ketones is 1. The van der Waals surface area contributed by atoms with Gasteiger partial charge in [0.15, 0.2) is 5.78 Å². The first kappa shape index (κ1) is 46.2. The number of carboxylic acids is 1. The summed E-state index contributed by atoms with van der Waals surface area (Å²) >= 11 is 6.45. The average molecular weight is 902 g/mol. The van der Waals surface area contributed by atoms with Gasteiger partial charge in [0.1, 0.15) is 18.5 Å². The number of amides is 1. The summed E-state index contributed by atoms with van der Waals surface area (Å²) in [5, 5.41) is 13.6. The third kappa shape index (κ3) is 6.43. The SMILES string of the molecule is CC(C)C1=C2[C@H]3CC[C@]4(C)[C@@]5(C)CC[C@H](OC(=O)[C@H]6C[C@@H](C(=O)O)C6(C)C)[C@@]6(C)C[C@@]56CC[C@@]4(C)[C@]3(C)CC[C@@]2(CC(=O)NCc2ccc(Cl)cc2OCCN2CCCCC2)CC1=O. The zero-order chi connectivity index (χ0) is 46.0. The fourth-order valence-corrected chi connectivity index (χ4v) is 17.4. The number of rotatable bonds is 12. The first-order valence-corrected chi connectivity index (χ1v) is 25.5.